The molecule has 0 spiro atoms. The highest BCUT2D eigenvalue weighted by atomic mass is 16.5. The Morgan fingerprint density at radius 1 is 1.39 bits per heavy atom. The Morgan fingerprint density at radius 2 is 2.17 bits per heavy atom. The molecule has 0 amide bonds. The van der Waals surface area contributed by atoms with Crippen LogP contribution >= 0.6 is 0 Å². The number of nitrogen functional groups attached to an aromatic ring is 1. The molecule has 94 valence electrons. The molecule has 0 atom stereocenters. The Kier molecular flexibility index (Phi) is 3.18. The van der Waals surface area contributed by atoms with Crippen molar-refractivity contribution in [3.63, 3.8) is 0 Å². The SMILES string of the molecule is COC(=O)c1cc(-c2cnco2)c(OC)cc1N. The Bertz CT molecular complexity index is 564. The molecular weight excluding hydrogens is 236 g/mol. The summed E-state index contributed by atoms with van der Waals surface area (Å²) in [7, 11) is 2.80. The van der Waals surface area contributed by atoms with E-state index in [4.69, 9.17) is 14.9 Å². The number of rotatable bonds is 3. The van der Waals surface area contributed by atoms with Crippen molar-refractivity contribution < 1.29 is 18.7 Å². The molecule has 0 radical (unpaired) electrons. The third kappa shape index (κ3) is 2.00. The molecule has 1 heterocycles. The molecule has 18 heavy (non-hydrogen) atoms. The predicted octanol–water partition coefficient (Wildman–Crippen LogP) is 1.72. The van der Waals surface area contributed by atoms with Gasteiger partial charge in [-0.05, 0) is 6.07 Å². The summed E-state index contributed by atoms with van der Waals surface area (Å²) >= 11 is 0. The third-order valence-corrected chi connectivity index (χ3v) is 2.47. The predicted molar refractivity (Wildman–Crippen MR) is 64.2 cm³/mol. The monoisotopic (exact) mass is 248 g/mol. The number of anilines is 1. The van der Waals surface area contributed by atoms with Gasteiger partial charge >= 0.3 is 5.97 Å². The van der Waals surface area contributed by atoms with Gasteiger partial charge in [-0.3, -0.25) is 0 Å². The van der Waals surface area contributed by atoms with Gasteiger partial charge in [0.25, 0.3) is 0 Å². The maximum atomic E-state index is 11.6. The highest BCUT2D eigenvalue weighted by Crippen LogP contribution is 2.34. The number of hydrogen-bond acceptors (Lipinski definition) is 6. The molecule has 0 fully saturated rings. The van der Waals surface area contributed by atoms with Gasteiger partial charge in [0.15, 0.2) is 12.2 Å². The lowest BCUT2D eigenvalue weighted by Crippen LogP contribution is -2.06. The van der Waals surface area contributed by atoms with E-state index in [2.05, 4.69) is 9.72 Å². The average molecular weight is 248 g/mol. The van der Waals surface area contributed by atoms with Gasteiger partial charge in [0.1, 0.15) is 5.75 Å². The number of aromatic nitrogens is 1. The zero-order valence-electron chi connectivity index (χ0n) is 9.97. The molecule has 6 heteroatoms. The van der Waals surface area contributed by atoms with Crippen molar-refractivity contribution in [2.45, 2.75) is 0 Å². The minimum Gasteiger partial charge on any atom is -0.496 e. The van der Waals surface area contributed by atoms with Crippen molar-refractivity contribution in [1.29, 1.82) is 0 Å². The van der Waals surface area contributed by atoms with E-state index in [-0.39, 0.29) is 11.3 Å². The highest BCUT2D eigenvalue weighted by Gasteiger charge is 2.17. The summed E-state index contributed by atoms with van der Waals surface area (Å²) in [6.07, 6.45) is 2.82. The molecule has 0 saturated heterocycles. The van der Waals surface area contributed by atoms with E-state index in [0.29, 0.717) is 17.1 Å². The van der Waals surface area contributed by atoms with Gasteiger partial charge in [-0.2, -0.15) is 0 Å². The number of esters is 1. The van der Waals surface area contributed by atoms with Crippen LogP contribution in [-0.4, -0.2) is 25.2 Å². The molecule has 0 aliphatic rings. The maximum Gasteiger partial charge on any atom is 0.339 e. The van der Waals surface area contributed by atoms with Crippen molar-refractivity contribution >= 4 is 11.7 Å². The lowest BCUT2D eigenvalue weighted by molar-refractivity contribution is 0.0602. The number of nitrogens with two attached hydrogens (primary N) is 1. The summed E-state index contributed by atoms with van der Waals surface area (Å²) in [6.45, 7) is 0. The first-order valence-electron chi connectivity index (χ1n) is 5.12. The smallest absolute Gasteiger partial charge is 0.339 e. The molecule has 0 aliphatic carbocycles. The number of ether oxygens (including phenoxy) is 2. The number of benzene rings is 1. The van der Waals surface area contributed by atoms with Crippen molar-refractivity contribution in [1.82, 2.24) is 4.98 Å². The summed E-state index contributed by atoms with van der Waals surface area (Å²) in [5.74, 6) is 0.463. The van der Waals surface area contributed by atoms with Crippen molar-refractivity contribution in [3.8, 4) is 17.1 Å². The van der Waals surface area contributed by atoms with Crippen LogP contribution in [0.1, 0.15) is 10.4 Å². The molecule has 0 unspecified atom stereocenters. The van der Waals surface area contributed by atoms with Crippen LogP contribution in [0, 0.1) is 0 Å². The fraction of sp³-hybridized carbons (Fsp3) is 0.167. The first-order chi connectivity index (χ1) is 8.67. The van der Waals surface area contributed by atoms with Gasteiger partial charge in [-0.1, -0.05) is 0 Å². The minimum absolute atomic E-state index is 0.254. The molecule has 0 saturated carbocycles. The van der Waals surface area contributed by atoms with Crippen LogP contribution in [0.3, 0.4) is 0 Å². The second-order valence-corrected chi connectivity index (χ2v) is 3.50. The van der Waals surface area contributed by atoms with Crippen molar-refractivity contribution in [3.05, 3.63) is 30.3 Å². The molecule has 2 rings (SSSR count). The van der Waals surface area contributed by atoms with Crippen LogP contribution in [0.5, 0.6) is 5.75 Å². The number of nitrogens with zero attached hydrogens (tertiary/aromatic N) is 1. The molecular formula is C12H12N2O4. The van der Waals surface area contributed by atoms with E-state index in [1.54, 1.807) is 12.1 Å². The fourth-order valence-corrected chi connectivity index (χ4v) is 1.59. The van der Waals surface area contributed by atoms with Crippen molar-refractivity contribution in [2.24, 2.45) is 0 Å². The van der Waals surface area contributed by atoms with Crippen LogP contribution < -0.4 is 10.5 Å². The summed E-state index contributed by atoms with van der Waals surface area (Å²) in [4.78, 5) is 15.4. The summed E-state index contributed by atoms with van der Waals surface area (Å²) in [5.41, 5.74) is 6.89. The van der Waals surface area contributed by atoms with Gasteiger partial charge in [0, 0.05) is 11.8 Å². The molecule has 1 aromatic heterocycles. The molecule has 2 N–H and O–H groups in total. The number of methoxy groups -OCH3 is 2. The van der Waals surface area contributed by atoms with E-state index in [1.165, 1.54) is 26.8 Å². The first kappa shape index (κ1) is 12.0. The number of oxazole rings is 1. The van der Waals surface area contributed by atoms with Crippen LogP contribution in [0.2, 0.25) is 0 Å². The Balaban J connectivity index is 2.60. The van der Waals surface area contributed by atoms with E-state index >= 15 is 0 Å². The normalized spacial score (nSPS) is 10.1. The quantitative estimate of drug-likeness (QED) is 0.657. The molecule has 1 aromatic carbocycles. The summed E-state index contributed by atoms with van der Waals surface area (Å²) in [6, 6.07) is 3.10. The number of hydrogen-bond donors (Lipinski definition) is 1. The zero-order valence-corrected chi connectivity index (χ0v) is 9.97. The third-order valence-electron chi connectivity index (χ3n) is 2.47. The lowest BCUT2D eigenvalue weighted by atomic mass is 10.1. The first-order valence-corrected chi connectivity index (χ1v) is 5.12. The number of carbonyl (C=O) groups is 1. The minimum atomic E-state index is -0.518. The molecule has 6 nitrogen and oxygen atoms in total. The van der Waals surface area contributed by atoms with Crippen LogP contribution in [0.4, 0.5) is 5.69 Å². The Hall–Kier alpha value is -2.50. The lowest BCUT2D eigenvalue weighted by Gasteiger charge is -2.10. The molecule has 2 aromatic rings. The van der Waals surface area contributed by atoms with E-state index in [0.717, 1.165) is 0 Å². The zero-order chi connectivity index (χ0) is 13.1. The van der Waals surface area contributed by atoms with Crippen LogP contribution in [0.25, 0.3) is 11.3 Å². The molecule has 0 aliphatic heterocycles. The topological polar surface area (TPSA) is 87.6 Å². The van der Waals surface area contributed by atoms with Gasteiger partial charge in [0.05, 0.1) is 31.5 Å². The van der Waals surface area contributed by atoms with Crippen LogP contribution in [-0.2, 0) is 4.74 Å². The van der Waals surface area contributed by atoms with Crippen LogP contribution in [0.15, 0.2) is 29.1 Å². The maximum absolute atomic E-state index is 11.6. The molecule has 0 bridgehead atoms. The number of carbonyl (C=O) groups excluding carboxylic acids is 1. The Labute approximate surface area is 103 Å². The highest BCUT2D eigenvalue weighted by molar-refractivity contribution is 5.97. The Morgan fingerprint density at radius 3 is 2.72 bits per heavy atom. The van der Waals surface area contributed by atoms with Gasteiger partial charge in [-0.15, -0.1) is 0 Å². The van der Waals surface area contributed by atoms with Crippen molar-refractivity contribution in [2.75, 3.05) is 20.0 Å². The van der Waals surface area contributed by atoms with E-state index in [9.17, 15) is 4.79 Å². The van der Waals surface area contributed by atoms with Gasteiger partial charge in [-0.25, -0.2) is 9.78 Å². The summed E-state index contributed by atoms with van der Waals surface area (Å²) < 4.78 is 15.0. The fourth-order valence-electron chi connectivity index (χ4n) is 1.59. The second-order valence-electron chi connectivity index (χ2n) is 3.50. The average Bonchev–Trinajstić information content (AvgIpc) is 2.91. The van der Waals surface area contributed by atoms with E-state index < -0.39 is 5.97 Å². The standard InChI is InChI=1S/C12H12N2O4/c1-16-10-4-9(13)7(12(15)17-2)3-8(10)11-5-14-6-18-11/h3-6H,13H2,1-2H3. The largest absolute Gasteiger partial charge is 0.496 e. The van der Waals surface area contributed by atoms with Gasteiger partial charge in [0.2, 0.25) is 0 Å². The van der Waals surface area contributed by atoms with E-state index in [1.807, 2.05) is 0 Å². The van der Waals surface area contributed by atoms with Gasteiger partial charge < -0.3 is 19.6 Å². The summed E-state index contributed by atoms with van der Waals surface area (Å²) in [5, 5.41) is 0. The second kappa shape index (κ2) is 4.79.